The van der Waals surface area contributed by atoms with Crippen LogP contribution in [0.1, 0.15) is 25.3 Å². The number of aromatic nitrogens is 1. The average molecular weight is 421 g/mol. The van der Waals surface area contributed by atoms with Crippen LogP contribution in [0.4, 0.5) is 5.69 Å². The second-order valence-electron chi connectivity index (χ2n) is 7.78. The van der Waals surface area contributed by atoms with E-state index in [2.05, 4.69) is 15.6 Å². The number of carbonyl (C=O) groups excluding carboxylic acids is 2. The number of H-pyrrole nitrogens is 1. The van der Waals surface area contributed by atoms with Crippen molar-refractivity contribution in [1.82, 2.24) is 10.3 Å². The standard InChI is InChI=1S/C24H27N3O4/c1-16(28)26-23(12-17-14-25-22-10-3-2-9-21(17)22)24(29)27-18-6-4-7-19(13-18)31-15-20-8-5-11-30-20/h2-4,6-7,9-10,13-14,20,23,25H,5,8,11-12,15H2,1H3,(H,26,28)(H,27,29)/t20-,23+/m1/s1. The number of carbonyl (C=O) groups is 2. The molecular weight excluding hydrogens is 394 g/mol. The van der Waals surface area contributed by atoms with E-state index in [0.717, 1.165) is 35.9 Å². The van der Waals surface area contributed by atoms with E-state index in [9.17, 15) is 9.59 Å². The quantitative estimate of drug-likeness (QED) is 0.520. The summed E-state index contributed by atoms with van der Waals surface area (Å²) in [5, 5.41) is 6.71. The van der Waals surface area contributed by atoms with Crippen molar-refractivity contribution in [3.05, 3.63) is 60.3 Å². The van der Waals surface area contributed by atoms with Crippen LogP contribution in [0.3, 0.4) is 0 Å². The third-order valence-corrected chi connectivity index (χ3v) is 5.35. The summed E-state index contributed by atoms with van der Waals surface area (Å²) in [5.41, 5.74) is 2.58. The number of para-hydroxylation sites is 1. The molecule has 3 aromatic rings. The maximum absolute atomic E-state index is 13.0. The second kappa shape index (κ2) is 9.66. The summed E-state index contributed by atoms with van der Waals surface area (Å²) in [7, 11) is 0. The Bertz CT molecular complexity index is 1060. The number of ether oxygens (including phenoxy) is 2. The van der Waals surface area contributed by atoms with E-state index in [4.69, 9.17) is 9.47 Å². The van der Waals surface area contributed by atoms with Crippen molar-refractivity contribution in [1.29, 1.82) is 0 Å². The molecule has 2 heterocycles. The summed E-state index contributed by atoms with van der Waals surface area (Å²) < 4.78 is 11.4. The minimum absolute atomic E-state index is 0.124. The van der Waals surface area contributed by atoms with Crippen molar-refractivity contribution in [2.24, 2.45) is 0 Å². The fraction of sp³-hybridized carbons (Fsp3) is 0.333. The largest absolute Gasteiger partial charge is 0.491 e. The van der Waals surface area contributed by atoms with Crippen LogP contribution in [0.2, 0.25) is 0 Å². The summed E-state index contributed by atoms with van der Waals surface area (Å²) in [6, 6.07) is 14.4. The van der Waals surface area contributed by atoms with Crippen LogP contribution < -0.4 is 15.4 Å². The van der Waals surface area contributed by atoms with Crippen LogP contribution in [0.15, 0.2) is 54.7 Å². The maximum Gasteiger partial charge on any atom is 0.247 e. The van der Waals surface area contributed by atoms with Gasteiger partial charge in [-0.2, -0.15) is 0 Å². The van der Waals surface area contributed by atoms with Gasteiger partial charge >= 0.3 is 0 Å². The first-order valence-electron chi connectivity index (χ1n) is 10.6. The number of anilines is 1. The highest BCUT2D eigenvalue weighted by atomic mass is 16.5. The van der Waals surface area contributed by atoms with Crippen molar-refractivity contribution >= 4 is 28.4 Å². The highest BCUT2D eigenvalue weighted by Crippen LogP contribution is 2.22. The van der Waals surface area contributed by atoms with Crippen molar-refractivity contribution in [2.45, 2.75) is 38.3 Å². The van der Waals surface area contributed by atoms with Gasteiger partial charge in [0.1, 0.15) is 18.4 Å². The Labute approximate surface area is 181 Å². The highest BCUT2D eigenvalue weighted by molar-refractivity contribution is 5.97. The number of rotatable bonds is 8. The highest BCUT2D eigenvalue weighted by Gasteiger charge is 2.22. The lowest BCUT2D eigenvalue weighted by molar-refractivity contribution is -0.125. The van der Waals surface area contributed by atoms with Crippen LogP contribution >= 0.6 is 0 Å². The van der Waals surface area contributed by atoms with Gasteiger partial charge in [-0.25, -0.2) is 0 Å². The summed E-state index contributed by atoms with van der Waals surface area (Å²) in [6.45, 7) is 2.69. The van der Waals surface area contributed by atoms with E-state index in [1.165, 1.54) is 6.92 Å². The lowest BCUT2D eigenvalue weighted by Crippen LogP contribution is -2.44. The lowest BCUT2D eigenvalue weighted by Gasteiger charge is -2.18. The van der Waals surface area contributed by atoms with E-state index in [1.807, 2.05) is 42.6 Å². The lowest BCUT2D eigenvalue weighted by atomic mass is 10.0. The average Bonchev–Trinajstić information content (AvgIpc) is 3.42. The Balaban J connectivity index is 1.43. The smallest absolute Gasteiger partial charge is 0.247 e. The molecule has 0 unspecified atom stereocenters. The Kier molecular flexibility index (Phi) is 6.52. The third kappa shape index (κ3) is 5.44. The molecule has 2 amide bonds. The van der Waals surface area contributed by atoms with Gasteiger partial charge < -0.3 is 25.1 Å². The Morgan fingerprint density at radius 2 is 2.10 bits per heavy atom. The SMILES string of the molecule is CC(=O)N[C@@H](Cc1c[nH]c2ccccc12)C(=O)Nc1cccc(OC[C@H]2CCCO2)c1. The van der Waals surface area contributed by atoms with Gasteiger partial charge in [0.15, 0.2) is 0 Å². The predicted molar refractivity (Wildman–Crippen MR) is 119 cm³/mol. The van der Waals surface area contributed by atoms with Crippen LogP contribution in [0.5, 0.6) is 5.75 Å². The molecule has 7 nitrogen and oxygen atoms in total. The molecule has 2 aromatic carbocycles. The van der Waals surface area contributed by atoms with Gasteiger partial charge in [-0.15, -0.1) is 0 Å². The van der Waals surface area contributed by atoms with E-state index < -0.39 is 6.04 Å². The Morgan fingerprint density at radius 3 is 2.90 bits per heavy atom. The zero-order valence-corrected chi connectivity index (χ0v) is 17.5. The number of fused-ring (bicyclic) bond motifs is 1. The topological polar surface area (TPSA) is 92.5 Å². The molecule has 2 atom stereocenters. The number of hydrogen-bond acceptors (Lipinski definition) is 4. The number of benzene rings is 2. The molecule has 7 heteroatoms. The Morgan fingerprint density at radius 1 is 1.23 bits per heavy atom. The summed E-state index contributed by atoms with van der Waals surface area (Å²) in [5.74, 6) is 0.131. The minimum Gasteiger partial charge on any atom is -0.491 e. The number of aromatic amines is 1. The molecule has 162 valence electrons. The zero-order chi connectivity index (χ0) is 21.6. The van der Waals surface area contributed by atoms with Crippen molar-refractivity contribution < 1.29 is 19.1 Å². The van der Waals surface area contributed by atoms with Crippen LogP contribution in [0.25, 0.3) is 10.9 Å². The first-order valence-corrected chi connectivity index (χ1v) is 10.6. The summed E-state index contributed by atoms with van der Waals surface area (Å²) in [6.07, 6.45) is 4.45. The zero-order valence-electron chi connectivity index (χ0n) is 17.5. The van der Waals surface area contributed by atoms with E-state index in [1.54, 1.807) is 12.1 Å². The fourth-order valence-electron chi connectivity index (χ4n) is 3.83. The first-order chi connectivity index (χ1) is 15.1. The maximum atomic E-state index is 13.0. The molecule has 0 bridgehead atoms. The van der Waals surface area contributed by atoms with Gasteiger partial charge in [-0.3, -0.25) is 9.59 Å². The van der Waals surface area contributed by atoms with E-state index in [0.29, 0.717) is 24.5 Å². The van der Waals surface area contributed by atoms with Gasteiger partial charge in [0.25, 0.3) is 0 Å². The van der Waals surface area contributed by atoms with E-state index in [-0.39, 0.29) is 17.9 Å². The molecule has 0 radical (unpaired) electrons. The number of amides is 2. The van der Waals surface area contributed by atoms with Crippen molar-refractivity contribution in [2.75, 3.05) is 18.5 Å². The van der Waals surface area contributed by atoms with Crippen molar-refractivity contribution in [3.63, 3.8) is 0 Å². The van der Waals surface area contributed by atoms with Gasteiger partial charge in [0.2, 0.25) is 11.8 Å². The molecule has 1 aliphatic rings. The fourth-order valence-corrected chi connectivity index (χ4v) is 3.83. The molecule has 1 aliphatic heterocycles. The molecule has 0 spiro atoms. The van der Waals surface area contributed by atoms with Crippen LogP contribution in [-0.2, 0) is 20.7 Å². The first kappa shape index (κ1) is 20.9. The molecule has 1 fully saturated rings. The molecule has 31 heavy (non-hydrogen) atoms. The summed E-state index contributed by atoms with van der Waals surface area (Å²) in [4.78, 5) is 27.9. The minimum atomic E-state index is -0.701. The van der Waals surface area contributed by atoms with Gasteiger partial charge in [0, 0.05) is 48.8 Å². The van der Waals surface area contributed by atoms with Gasteiger partial charge in [-0.05, 0) is 36.6 Å². The van der Waals surface area contributed by atoms with E-state index >= 15 is 0 Å². The normalized spacial score (nSPS) is 16.7. The molecule has 0 saturated carbocycles. The monoisotopic (exact) mass is 421 g/mol. The molecule has 1 aromatic heterocycles. The molecule has 4 rings (SSSR count). The number of hydrogen-bond donors (Lipinski definition) is 3. The summed E-state index contributed by atoms with van der Waals surface area (Å²) >= 11 is 0. The predicted octanol–water partition coefficient (Wildman–Crippen LogP) is 3.41. The molecule has 0 aliphatic carbocycles. The van der Waals surface area contributed by atoms with Crippen LogP contribution in [-0.4, -0.2) is 42.2 Å². The van der Waals surface area contributed by atoms with Gasteiger partial charge in [0.05, 0.1) is 6.10 Å². The second-order valence-corrected chi connectivity index (χ2v) is 7.78. The van der Waals surface area contributed by atoms with Crippen LogP contribution in [0, 0.1) is 0 Å². The molecule has 1 saturated heterocycles. The van der Waals surface area contributed by atoms with Crippen molar-refractivity contribution in [3.8, 4) is 5.75 Å². The number of nitrogens with one attached hydrogen (secondary N) is 3. The third-order valence-electron chi connectivity index (χ3n) is 5.35. The molecular formula is C24H27N3O4. The molecule has 3 N–H and O–H groups in total. The Hall–Kier alpha value is -3.32. The van der Waals surface area contributed by atoms with Gasteiger partial charge in [-0.1, -0.05) is 24.3 Å².